The highest BCUT2D eigenvalue weighted by atomic mass is 32.2. The van der Waals surface area contributed by atoms with Gasteiger partial charge in [0, 0.05) is 7.05 Å². The van der Waals surface area contributed by atoms with Gasteiger partial charge in [-0.3, -0.25) is 4.79 Å². The highest BCUT2D eigenvalue weighted by Crippen LogP contribution is 2.00. The van der Waals surface area contributed by atoms with Crippen molar-refractivity contribution in [3.63, 3.8) is 0 Å². The molecule has 15 heavy (non-hydrogen) atoms. The minimum Gasteiger partial charge on any atom is -0.392 e. The van der Waals surface area contributed by atoms with Crippen molar-refractivity contribution in [1.29, 1.82) is 0 Å². The van der Waals surface area contributed by atoms with Crippen molar-refractivity contribution in [3.05, 3.63) is 0 Å². The Kier molecular flexibility index (Phi) is 5.12. The Morgan fingerprint density at radius 2 is 1.87 bits per heavy atom. The Morgan fingerprint density at radius 1 is 1.40 bits per heavy atom. The van der Waals surface area contributed by atoms with Gasteiger partial charge in [0.05, 0.1) is 11.0 Å². The van der Waals surface area contributed by atoms with Crippen LogP contribution in [-0.4, -0.2) is 37.7 Å². The first kappa shape index (κ1) is 14.3. The summed E-state index contributed by atoms with van der Waals surface area (Å²) >= 11 is 4.57. The van der Waals surface area contributed by atoms with E-state index in [1.807, 2.05) is 0 Å². The lowest BCUT2D eigenvalue weighted by atomic mass is 10.3. The number of sulfonamides is 1. The van der Waals surface area contributed by atoms with Crippen molar-refractivity contribution < 1.29 is 13.2 Å². The molecule has 0 fully saturated rings. The second-order valence-electron chi connectivity index (χ2n) is 3.04. The number of nitrogens with one attached hydrogen (secondary N) is 2. The third kappa shape index (κ3) is 4.10. The van der Waals surface area contributed by atoms with Gasteiger partial charge in [0.1, 0.15) is 5.25 Å². The van der Waals surface area contributed by atoms with Crippen LogP contribution < -0.4 is 15.8 Å². The predicted molar refractivity (Wildman–Crippen MR) is 61.8 cm³/mol. The molecule has 88 valence electrons. The van der Waals surface area contributed by atoms with Crippen LogP contribution in [-0.2, 0) is 14.8 Å². The molecule has 1 amide bonds. The highest BCUT2D eigenvalue weighted by molar-refractivity contribution is 7.93. The van der Waals surface area contributed by atoms with E-state index in [1.54, 1.807) is 0 Å². The van der Waals surface area contributed by atoms with Crippen molar-refractivity contribution in [2.75, 3.05) is 7.05 Å². The molecule has 0 aromatic rings. The fourth-order valence-electron chi connectivity index (χ4n) is 0.771. The summed E-state index contributed by atoms with van der Waals surface area (Å²) in [5.74, 6) is -0.422. The van der Waals surface area contributed by atoms with Crippen molar-refractivity contribution in [2.45, 2.75) is 25.1 Å². The van der Waals surface area contributed by atoms with E-state index >= 15 is 0 Å². The van der Waals surface area contributed by atoms with Gasteiger partial charge >= 0.3 is 0 Å². The summed E-state index contributed by atoms with van der Waals surface area (Å²) in [5, 5.41) is 1.33. The van der Waals surface area contributed by atoms with Crippen LogP contribution in [0.15, 0.2) is 0 Å². The average Bonchev–Trinajstić information content (AvgIpc) is 2.14. The number of rotatable bonds is 5. The van der Waals surface area contributed by atoms with E-state index in [4.69, 9.17) is 5.73 Å². The molecule has 0 aliphatic rings. The molecule has 0 aromatic heterocycles. The van der Waals surface area contributed by atoms with E-state index in [2.05, 4.69) is 22.3 Å². The number of amides is 1. The number of hydrogen-bond acceptors (Lipinski definition) is 4. The molecule has 8 heteroatoms. The minimum atomic E-state index is -3.69. The summed E-state index contributed by atoms with van der Waals surface area (Å²) in [6.45, 7) is 2.80. The first-order valence-electron chi connectivity index (χ1n) is 4.24. The maximum atomic E-state index is 11.5. The Bertz CT molecular complexity index is 352. The molecule has 0 aliphatic carbocycles. The van der Waals surface area contributed by atoms with E-state index < -0.39 is 27.2 Å². The van der Waals surface area contributed by atoms with Crippen molar-refractivity contribution in [3.8, 4) is 0 Å². The number of thiocarbonyl (C=S) groups is 1. The van der Waals surface area contributed by atoms with Gasteiger partial charge in [-0.1, -0.05) is 12.2 Å². The lowest BCUT2D eigenvalue weighted by molar-refractivity contribution is -0.121. The zero-order valence-corrected chi connectivity index (χ0v) is 10.4. The number of carbonyl (C=O) groups excluding carboxylic acids is 1. The van der Waals surface area contributed by atoms with E-state index in [0.29, 0.717) is 0 Å². The molecule has 0 rings (SSSR count). The smallest absolute Gasteiger partial charge is 0.237 e. The number of hydrogen-bond donors (Lipinski definition) is 3. The minimum absolute atomic E-state index is 0.133. The van der Waals surface area contributed by atoms with E-state index in [9.17, 15) is 13.2 Å². The van der Waals surface area contributed by atoms with Gasteiger partial charge in [-0.2, -0.15) is 0 Å². The summed E-state index contributed by atoms with van der Waals surface area (Å²) in [5.41, 5.74) is 5.22. The molecular formula is C7H15N3O3S2. The molecule has 0 bridgehead atoms. The zero-order chi connectivity index (χ0) is 12.2. The Hall–Kier alpha value is -0.730. The van der Waals surface area contributed by atoms with Gasteiger partial charge in [-0.15, -0.1) is 0 Å². The largest absolute Gasteiger partial charge is 0.392 e. The Balaban J connectivity index is 4.66. The quantitative estimate of drug-likeness (QED) is 0.529. The molecule has 0 saturated heterocycles. The van der Waals surface area contributed by atoms with Crippen LogP contribution in [0, 0.1) is 0 Å². The first-order valence-corrected chi connectivity index (χ1v) is 6.20. The van der Waals surface area contributed by atoms with Gasteiger partial charge < -0.3 is 11.1 Å². The van der Waals surface area contributed by atoms with E-state index in [0.717, 1.165) is 0 Å². The van der Waals surface area contributed by atoms with Crippen LogP contribution in [0.3, 0.4) is 0 Å². The van der Waals surface area contributed by atoms with Gasteiger partial charge in [0.25, 0.3) is 0 Å². The molecule has 6 nitrogen and oxygen atoms in total. The number of likely N-dealkylation sites (N-methyl/N-ethyl adjacent to an activating group) is 1. The van der Waals surface area contributed by atoms with Crippen LogP contribution in [0.5, 0.6) is 0 Å². The molecule has 0 aromatic carbocycles. The number of carbonyl (C=O) groups is 1. The Morgan fingerprint density at radius 3 is 2.20 bits per heavy atom. The summed E-state index contributed by atoms with van der Waals surface area (Å²) in [6, 6.07) is -0.850. The second-order valence-corrected chi connectivity index (χ2v) is 5.55. The topological polar surface area (TPSA) is 101 Å². The maximum absolute atomic E-state index is 11.5. The van der Waals surface area contributed by atoms with Crippen molar-refractivity contribution in [1.82, 2.24) is 10.0 Å². The van der Waals surface area contributed by atoms with Crippen LogP contribution in [0.4, 0.5) is 0 Å². The first-order chi connectivity index (χ1) is 6.72. The molecular weight excluding hydrogens is 238 g/mol. The normalized spacial score (nSPS) is 15.4. The molecule has 0 spiro atoms. The lowest BCUT2D eigenvalue weighted by Crippen LogP contribution is -2.48. The molecule has 2 unspecified atom stereocenters. The van der Waals surface area contributed by atoms with Crippen LogP contribution >= 0.6 is 12.2 Å². The fourth-order valence-corrected chi connectivity index (χ4v) is 2.26. The van der Waals surface area contributed by atoms with Gasteiger partial charge in [-0.05, 0) is 13.8 Å². The molecule has 2 atom stereocenters. The third-order valence-electron chi connectivity index (χ3n) is 1.85. The molecule has 0 saturated carbocycles. The van der Waals surface area contributed by atoms with Gasteiger partial charge in [-0.25, -0.2) is 13.1 Å². The van der Waals surface area contributed by atoms with Gasteiger partial charge in [0.2, 0.25) is 15.9 Å². The highest BCUT2D eigenvalue weighted by Gasteiger charge is 2.26. The van der Waals surface area contributed by atoms with Crippen molar-refractivity contribution in [2.24, 2.45) is 5.73 Å². The maximum Gasteiger partial charge on any atom is 0.237 e. The SMILES string of the molecule is CNC(=O)C(C)NS(=O)(=O)C(C)C(N)=S. The standard InChI is InChI=1S/C7H15N3O3S2/c1-4(7(11)9-3)10-15(12,13)5(2)6(8)14/h4-5,10H,1-3H3,(H2,8,14)(H,9,11). The van der Waals surface area contributed by atoms with Crippen LogP contribution in [0.2, 0.25) is 0 Å². The molecule has 0 radical (unpaired) electrons. The molecule has 4 N–H and O–H groups in total. The average molecular weight is 253 g/mol. The van der Waals surface area contributed by atoms with Crippen molar-refractivity contribution >= 4 is 33.1 Å². The summed E-state index contributed by atoms with van der Waals surface area (Å²) in [6.07, 6.45) is 0. The third-order valence-corrected chi connectivity index (χ3v) is 4.22. The van der Waals surface area contributed by atoms with Crippen LogP contribution in [0.1, 0.15) is 13.8 Å². The molecule has 0 heterocycles. The number of nitrogens with two attached hydrogens (primary N) is 1. The fraction of sp³-hybridized carbons (Fsp3) is 0.714. The van der Waals surface area contributed by atoms with E-state index in [1.165, 1.54) is 20.9 Å². The Labute approximate surface area is 94.6 Å². The zero-order valence-electron chi connectivity index (χ0n) is 8.77. The van der Waals surface area contributed by atoms with E-state index in [-0.39, 0.29) is 4.99 Å². The van der Waals surface area contributed by atoms with Gasteiger partial charge in [0.15, 0.2) is 0 Å². The summed E-state index contributed by atoms with van der Waals surface area (Å²) in [4.78, 5) is 10.9. The summed E-state index contributed by atoms with van der Waals surface area (Å²) in [7, 11) is -2.27. The second kappa shape index (κ2) is 5.38. The molecule has 0 aliphatic heterocycles. The lowest BCUT2D eigenvalue weighted by Gasteiger charge is -2.16. The summed E-state index contributed by atoms with van der Waals surface area (Å²) < 4.78 is 25.3. The van der Waals surface area contributed by atoms with Crippen LogP contribution in [0.25, 0.3) is 0 Å². The monoisotopic (exact) mass is 253 g/mol. The predicted octanol–water partition coefficient (Wildman–Crippen LogP) is -1.29.